The Morgan fingerprint density at radius 3 is 2.66 bits per heavy atom. The molecule has 0 atom stereocenters. The number of anilines is 2. The van der Waals surface area contributed by atoms with Crippen molar-refractivity contribution in [3.05, 3.63) is 53.2 Å². The van der Waals surface area contributed by atoms with Gasteiger partial charge in [-0.05, 0) is 44.9 Å². The average molecular weight is 452 g/mol. The molecule has 0 unspecified atom stereocenters. The second kappa shape index (κ2) is 9.45. The van der Waals surface area contributed by atoms with Crippen molar-refractivity contribution < 1.29 is 4.79 Å². The molecule has 0 radical (unpaired) electrons. The lowest BCUT2D eigenvalue weighted by Crippen LogP contribution is -2.46. The number of benzene rings is 1. The zero-order valence-corrected chi connectivity index (χ0v) is 19.0. The summed E-state index contributed by atoms with van der Waals surface area (Å²) in [6.07, 6.45) is 5.35. The summed E-state index contributed by atoms with van der Waals surface area (Å²) < 4.78 is 2.19. The first-order valence-corrected chi connectivity index (χ1v) is 11.2. The number of piperidine rings is 1. The SMILES string of the molecule is [C-]#[N+]c1ccc(Nc2ncnc3c2ccn3C2CCN(C(=O)N(CC)CC)CC2)c(Cl)c1. The van der Waals surface area contributed by atoms with Gasteiger partial charge in [0.05, 0.1) is 22.7 Å². The smallest absolute Gasteiger partial charge is 0.319 e. The van der Waals surface area contributed by atoms with Crippen LogP contribution in [-0.4, -0.2) is 56.5 Å². The van der Waals surface area contributed by atoms with Gasteiger partial charge in [-0.15, -0.1) is 0 Å². The quantitative estimate of drug-likeness (QED) is 0.521. The molecule has 2 amide bonds. The predicted octanol–water partition coefficient (Wildman–Crippen LogP) is 5.48. The van der Waals surface area contributed by atoms with Crippen LogP contribution in [0.15, 0.2) is 36.8 Å². The highest BCUT2D eigenvalue weighted by molar-refractivity contribution is 6.33. The number of fused-ring (bicyclic) bond motifs is 1. The van der Waals surface area contributed by atoms with Gasteiger partial charge in [-0.2, -0.15) is 0 Å². The molecule has 0 bridgehead atoms. The van der Waals surface area contributed by atoms with Gasteiger partial charge in [-0.25, -0.2) is 19.6 Å². The van der Waals surface area contributed by atoms with E-state index in [1.807, 2.05) is 35.9 Å². The molecule has 8 nitrogen and oxygen atoms in total. The maximum atomic E-state index is 12.6. The molecule has 1 aliphatic heterocycles. The highest BCUT2D eigenvalue weighted by Gasteiger charge is 2.27. The number of carbonyl (C=O) groups is 1. The fourth-order valence-corrected chi connectivity index (χ4v) is 4.42. The summed E-state index contributed by atoms with van der Waals surface area (Å²) in [7, 11) is 0. The molecule has 32 heavy (non-hydrogen) atoms. The minimum absolute atomic E-state index is 0.126. The maximum Gasteiger partial charge on any atom is 0.319 e. The molecule has 0 aliphatic carbocycles. The van der Waals surface area contributed by atoms with Gasteiger partial charge in [0.15, 0.2) is 5.69 Å². The van der Waals surface area contributed by atoms with Crippen molar-refractivity contribution in [3.8, 4) is 0 Å². The standard InChI is InChI=1S/C23H26ClN7O/c1-4-29(5-2)23(32)30-11-8-17(9-12-30)31-13-10-18-21(26-15-27-22(18)31)28-20-7-6-16(25-3)14-19(20)24/h6-7,10,13-15,17H,4-5,8-9,11-12H2,1-2H3,(H,26,27,28). The van der Waals surface area contributed by atoms with Gasteiger partial charge in [0.1, 0.15) is 17.8 Å². The normalized spacial score (nSPS) is 14.4. The third-order valence-electron chi connectivity index (χ3n) is 6.01. The lowest BCUT2D eigenvalue weighted by atomic mass is 10.1. The fraction of sp³-hybridized carbons (Fsp3) is 0.391. The zero-order chi connectivity index (χ0) is 22.7. The summed E-state index contributed by atoms with van der Waals surface area (Å²) in [6, 6.07) is 7.54. The van der Waals surface area contributed by atoms with Crippen LogP contribution in [0, 0.1) is 6.57 Å². The number of aromatic nitrogens is 3. The van der Waals surface area contributed by atoms with Gasteiger partial charge in [0.25, 0.3) is 0 Å². The highest BCUT2D eigenvalue weighted by atomic mass is 35.5. The Morgan fingerprint density at radius 1 is 1.25 bits per heavy atom. The molecule has 0 saturated carbocycles. The molecule has 9 heteroatoms. The van der Waals surface area contributed by atoms with Crippen molar-refractivity contribution in [2.24, 2.45) is 0 Å². The topological polar surface area (TPSA) is 70.6 Å². The maximum absolute atomic E-state index is 12.6. The van der Waals surface area contributed by atoms with Gasteiger partial charge in [-0.3, -0.25) is 0 Å². The average Bonchev–Trinajstić information content (AvgIpc) is 3.26. The van der Waals surface area contributed by atoms with E-state index in [0.717, 1.165) is 50.1 Å². The number of nitrogens with zero attached hydrogens (tertiary/aromatic N) is 6. The number of hydrogen-bond acceptors (Lipinski definition) is 4. The molecule has 1 aliphatic rings. The lowest BCUT2D eigenvalue weighted by Gasteiger charge is -2.35. The predicted molar refractivity (Wildman–Crippen MR) is 127 cm³/mol. The van der Waals surface area contributed by atoms with Crippen LogP contribution in [0.3, 0.4) is 0 Å². The van der Waals surface area contributed by atoms with E-state index in [2.05, 4.69) is 24.7 Å². The third-order valence-corrected chi connectivity index (χ3v) is 6.32. The molecule has 1 fully saturated rings. The number of nitrogens with one attached hydrogen (secondary N) is 1. The van der Waals surface area contributed by atoms with Crippen LogP contribution in [0.5, 0.6) is 0 Å². The number of halogens is 1. The summed E-state index contributed by atoms with van der Waals surface area (Å²) in [4.78, 5) is 28.8. The zero-order valence-electron chi connectivity index (χ0n) is 18.3. The number of hydrogen-bond donors (Lipinski definition) is 1. The van der Waals surface area contributed by atoms with Crippen LogP contribution in [0.25, 0.3) is 15.9 Å². The van der Waals surface area contributed by atoms with Gasteiger partial charge in [-0.1, -0.05) is 17.7 Å². The molecule has 3 aromatic rings. The van der Waals surface area contributed by atoms with Crippen molar-refractivity contribution in [2.45, 2.75) is 32.7 Å². The van der Waals surface area contributed by atoms with Crippen LogP contribution in [0.2, 0.25) is 5.02 Å². The van der Waals surface area contributed by atoms with Gasteiger partial charge < -0.3 is 19.7 Å². The third kappa shape index (κ3) is 4.21. The minimum Gasteiger partial charge on any atom is -0.338 e. The summed E-state index contributed by atoms with van der Waals surface area (Å²) in [6.45, 7) is 14.1. The van der Waals surface area contributed by atoms with Crippen LogP contribution in [0.1, 0.15) is 32.7 Å². The monoisotopic (exact) mass is 451 g/mol. The fourth-order valence-electron chi connectivity index (χ4n) is 4.20. The van der Waals surface area contributed by atoms with Crippen LogP contribution in [-0.2, 0) is 0 Å². The molecule has 1 saturated heterocycles. The van der Waals surface area contributed by atoms with Crippen molar-refractivity contribution in [1.82, 2.24) is 24.3 Å². The summed E-state index contributed by atoms with van der Waals surface area (Å²) >= 11 is 6.33. The Bertz CT molecular complexity index is 1160. The first-order chi connectivity index (χ1) is 15.5. The van der Waals surface area contributed by atoms with Crippen molar-refractivity contribution in [2.75, 3.05) is 31.5 Å². The largest absolute Gasteiger partial charge is 0.338 e. The van der Waals surface area contributed by atoms with E-state index in [0.29, 0.717) is 22.2 Å². The second-order valence-electron chi connectivity index (χ2n) is 7.76. The van der Waals surface area contributed by atoms with E-state index >= 15 is 0 Å². The van der Waals surface area contributed by atoms with Crippen LogP contribution in [0.4, 0.5) is 22.0 Å². The number of amides is 2. The molecule has 3 heterocycles. The number of likely N-dealkylation sites (tertiary alicyclic amines) is 1. The lowest BCUT2D eigenvalue weighted by molar-refractivity contribution is 0.137. The Labute approximate surface area is 192 Å². The Hall–Kier alpha value is -3.31. The molecule has 0 spiro atoms. The van der Waals surface area contributed by atoms with Crippen molar-refractivity contribution in [1.29, 1.82) is 0 Å². The molecular weight excluding hydrogens is 426 g/mol. The Balaban J connectivity index is 1.52. The van der Waals surface area contributed by atoms with Gasteiger partial charge in [0, 0.05) is 38.4 Å². The van der Waals surface area contributed by atoms with E-state index in [1.165, 1.54) is 0 Å². The van der Waals surface area contributed by atoms with Crippen molar-refractivity contribution in [3.63, 3.8) is 0 Å². The molecule has 1 N–H and O–H groups in total. The van der Waals surface area contributed by atoms with Gasteiger partial charge >= 0.3 is 6.03 Å². The Morgan fingerprint density at radius 2 is 2.00 bits per heavy atom. The molecule has 2 aromatic heterocycles. The first kappa shape index (κ1) is 21.9. The number of carbonyl (C=O) groups excluding carboxylic acids is 1. The van der Waals surface area contributed by atoms with E-state index in [4.69, 9.17) is 18.2 Å². The molecule has 4 rings (SSSR count). The summed E-state index contributed by atoms with van der Waals surface area (Å²) in [5, 5.41) is 4.64. The molecular formula is C23H26ClN7O. The number of urea groups is 1. The Kier molecular flexibility index (Phi) is 6.47. The molecule has 166 valence electrons. The van der Waals surface area contributed by atoms with Crippen LogP contribution >= 0.6 is 11.6 Å². The van der Waals surface area contributed by atoms with E-state index in [9.17, 15) is 4.79 Å². The van der Waals surface area contributed by atoms with E-state index in [-0.39, 0.29) is 12.1 Å². The second-order valence-corrected chi connectivity index (χ2v) is 8.16. The molecule has 1 aromatic carbocycles. The van der Waals surface area contributed by atoms with Gasteiger partial charge in [0.2, 0.25) is 0 Å². The highest BCUT2D eigenvalue weighted by Crippen LogP contribution is 2.33. The van der Waals surface area contributed by atoms with Crippen LogP contribution < -0.4 is 5.32 Å². The first-order valence-electron chi connectivity index (χ1n) is 10.8. The number of rotatable bonds is 5. The van der Waals surface area contributed by atoms with E-state index < -0.39 is 0 Å². The van der Waals surface area contributed by atoms with Crippen molar-refractivity contribution >= 4 is 45.9 Å². The summed E-state index contributed by atoms with van der Waals surface area (Å²) in [5.74, 6) is 0.667. The summed E-state index contributed by atoms with van der Waals surface area (Å²) in [5.41, 5.74) is 2.03. The van der Waals surface area contributed by atoms with E-state index in [1.54, 1.807) is 24.5 Å². The minimum atomic E-state index is 0.126.